The molecule has 2 unspecified atom stereocenters. The lowest BCUT2D eigenvalue weighted by Crippen LogP contribution is -2.45. The Hall–Kier alpha value is -2.16. The third-order valence-electron chi connectivity index (χ3n) is 3.19. The average molecular weight is 297 g/mol. The lowest BCUT2D eigenvalue weighted by Gasteiger charge is -2.19. The highest BCUT2D eigenvalue weighted by molar-refractivity contribution is 5.74. The number of nitrogens with one attached hydrogen (secondary N) is 2. The number of nitrogens with zero attached hydrogens (tertiary/aromatic N) is 3. The van der Waals surface area contributed by atoms with E-state index in [2.05, 4.69) is 20.9 Å². The molecule has 3 N–H and O–H groups in total. The van der Waals surface area contributed by atoms with Crippen molar-refractivity contribution in [3.8, 4) is 0 Å². The fraction of sp³-hybridized carbons (Fsp3) is 0.667. The number of aromatic nitrogens is 3. The summed E-state index contributed by atoms with van der Waals surface area (Å²) in [4.78, 5) is 22.3. The quantitative estimate of drug-likeness (QED) is 0.665. The van der Waals surface area contributed by atoms with Gasteiger partial charge < -0.3 is 20.5 Å². The van der Waals surface area contributed by atoms with Crippen LogP contribution in [0.25, 0.3) is 0 Å². The predicted molar refractivity (Wildman–Crippen MR) is 71.5 cm³/mol. The maximum absolute atomic E-state index is 11.7. The van der Waals surface area contributed by atoms with Gasteiger partial charge in [-0.2, -0.15) is 0 Å². The van der Waals surface area contributed by atoms with Crippen LogP contribution in [0.2, 0.25) is 0 Å². The average Bonchev–Trinajstić information content (AvgIpc) is 3.06. The van der Waals surface area contributed by atoms with E-state index in [9.17, 15) is 9.59 Å². The van der Waals surface area contributed by atoms with Crippen molar-refractivity contribution in [1.82, 2.24) is 25.6 Å². The lowest BCUT2D eigenvalue weighted by atomic mass is 10.1. The van der Waals surface area contributed by atoms with Gasteiger partial charge in [0.25, 0.3) is 0 Å². The van der Waals surface area contributed by atoms with Crippen molar-refractivity contribution in [3.63, 3.8) is 0 Å². The van der Waals surface area contributed by atoms with Crippen LogP contribution in [0.15, 0.2) is 6.20 Å². The predicted octanol–water partition coefficient (Wildman–Crippen LogP) is -0.271. The molecular formula is C12H19N5O4. The van der Waals surface area contributed by atoms with Crippen molar-refractivity contribution in [2.45, 2.75) is 45.0 Å². The molecule has 0 aromatic carbocycles. The number of hydrogen-bond acceptors (Lipinski definition) is 5. The maximum atomic E-state index is 11.7. The van der Waals surface area contributed by atoms with Crippen molar-refractivity contribution >= 4 is 12.0 Å². The molecule has 1 saturated heterocycles. The molecule has 2 rings (SSSR count). The highest BCUT2D eigenvalue weighted by atomic mass is 16.5. The summed E-state index contributed by atoms with van der Waals surface area (Å²) in [7, 11) is 0. The Morgan fingerprint density at radius 2 is 2.43 bits per heavy atom. The zero-order chi connectivity index (χ0) is 15.2. The van der Waals surface area contributed by atoms with Crippen LogP contribution < -0.4 is 10.6 Å². The second-order valence-corrected chi connectivity index (χ2v) is 4.97. The van der Waals surface area contributed by atoms with E-state index in [0.29, 0.717) is 5.69 Å². The Morgan fingerprint density at radius 1 is 1.62 bits per heavy atom. The summed E-state index contributed by atoms with van der Waals surface area (Å²) in [5, 5.41) is 21.5. The van der Waals surface area contributed by atoms with Gasteiger partial charge in [0.1, 0.15) is 12.2 Å². The van der Waals surface area contributed by atoms with Crippen LogP contribution in [0.3, 0.4) is 0 Å². The van der Waals surface area contributed by atoms with E-state index in [4.69, 9.17) is 9.84 Å². The van der Waals surface area contributed by atoms with E-state index >= 15 is 0 Å². The zero-order valence-corrected chi connectivity index (χ0v) is 11.8. The van der Waals surface area contributed by atoms with Gasteiger partial charge >= 0.3 is 12.0 Å². The second kappa shape index (κ2) is 7.02. The summed E-state index contributed by atoms with van der Waals surface area (Å²) in [5.41, 5.74) is 0.496. The summed E-state index contributed by atoms with van der Waals surface area (Å²) in [6.07, 6.45) is 3.51. The summed E-state index contributed by atoms with van der Waals surface area (Å²) >= 11 is 0. The molecule has 0 aliphatic carbocycles. The molecule has 1 fully saturated rings. The van der Waals surface area contributed by atoms with Gasteiger partial charge in [-0.25, -0.2) is 9.48 Å². The van der Waals surface area contributed by atoms with Crippen LogP contribution in [0.4, 0.5) is 4.79 Å². The van der Waals surface area contributed by atoms with Gasteiger partial charge in [-0.1, -0.05) is 5.21 Å². The molecular weight excluding hydrogens is 278 g/mol. The van der Waals surface area contributed by atoms with E-state index < -0.39 is 5.97 Å². The van der Waals surface area contributed by atoms with E-state index in [1.165, 1.54) is 10.9 Å². The Balaban J connectivity index is 1.73. The summed E-state index contributed by atoms with van der Waals surface area (Å²) < 4.78 is 6.70. The Bertz CT molecular complexity index is 498. The van der Waals surface area contributed by atoms with Crippen molar-refractivity contribution in [2.24, 2.45) is 0 Å². The van der Waals surface area contributed by atoms with E-state index in [0.717, 1.165) is 19.4 Å². The number of carbonyl (C=O) groups excluding carboxylic acids is 1. The monoisotopic (exact) mass is 297 g/mol. The molecule has 0 saturated carbocycles. The molecule has 0 spiro atoms. The van der Waals surface area contributed by atoms with Gasteiger partial charge in [0.15, 0.2) is 0 Å². The van der Waals surface area contributed by atoms with Gasteiger partial charge in [0.2, 0.25) is 0 Å². The van der Waals surface area contributed by atoms with Crippen LogP contribution in [-0.4, -0.2) is 50.9 Å². The molecule has 116 valence electrons. The molecule has 2 atom stereocenters. The fourth-order valence-corrected chi connectivity index (χ4v) is 2.15. The highest BCUT2D eigenvalue weighted by Gasteiger charge is 2.23. The van der Waals surface area contributed by atoms with E-state index in [1.54, 1.807) is 0 Å². The maximum Gasteiger partial charge on any atom is 0.325 e. The number of amides is 2. The Kier molecular flexibility index (Phi) is 5.09. The first-order valence-corrected chi connectivity index (χ1v) is 6.81. The molecule has 2 amide bonds. The van der Waals surface area contributed by atoms with Gasteiger partial charge in [-0.3, -0.25) is 4.79 Å². The van der Waals surface area contributed by atoms with Crippen LogP contribution in [-0.2, 0) is 22.6 Å². The number of hydrogen-bond donors (Lipinski definition) is 3. The number of aliphatic carboxylic acids is 1. The van der Waals surface area contributed by atoms with Gasteiger partial charge in [0.05, 0.1) is 24.9 Å². The Morgan fingerprint density at radius 3 is 3.10 bits per heavy atom. The molecule has 0 radical (unpaired) electrons. The molecule has 1 aliphatic rings. The summed E-state index contributed by atoms with van der Waals surface area (Å²) in [6, 6.07) is -0.374. The number of carboxylic acid groups (broad SMARTS) is 1. The number of ether oxygens (including phenoxy) is 1. The minimum absolute atomic E-state index is 0.0600. The fourth-order valence-electron chi connectivity index (χ4n) is 2.15. The first-order chi connectivity index (χ1) is 10.0. The molecule has 2 heterocycles. The molecule has 9 nitrogen and oxygen atoms in total. The number of urea groups is 1. The first-order valence-electron chi connectivity index (χ1n) is 6.81. The van der Waals surface area contributed by atoms with Crippen LogP contribution in [0.5, 0.6) is 0 Å². The minimum atomic E-state index is -0.998. The van der Waals surface area contributed by atoms with Crippen LogP contribution in [0.1, 0.15) is 25.5 Å². The lowest BCUT2D eigenvalue weighted by molar-refractivity contribution is -0.137. The summed E-state index contributed by atoms with van der Waals surface area (Å²) in [5.74, 6) is -0.998. The zero-order valence-electron chi connectivity index (χ0n) is 11.8. The van der Waals surface area contributed by atoms with Crippen LogP contribution in [0, 0.1) is 0 Å². The van der Waals surface area contributed by atoms with Crippen molar-refractivity contribution in [2.75, 3.05) is 6.61 Å². The third kappa shape index (κ3) is 4.71. The van der Waals surface area contributed by atoms with E-state index in [-0.39, 0.29) is 31.3 Å². The molecule has 1 aliphatic heterocycles. The summed E-state index contributed by atoms with van der Waals surface area (Å²) in [6.45, 7) is 2.57. The van der Waals surface area contributed by atoms with E-state index in [1.807, 2.05) is 6.92 Å². The third-order valence-corrected chi connectivity index (χ3v) is 3.19. The van der Waals surface area contributed by atoms with Gasteiger partial charge in [-0.15, -0.1) is 5.10 Å². The molecule has 1 aromatic rings. The smallest absolute Gasteiger partial charge is 0.325 e. The molecule has 21 heavy (non-hydrogen) atoms. The minimum Gasteiger partial charge on any atom is -0.480 e. The van der Waals surface area contributed by atoms with Crippen molar-refractivity contribution < 1.29 is 19.4 Å². The van der Waals surface area contributed by atoms with Crippen molar-refractivity contribution in [3.05, 3.63) is 11.9 Å². The number of carbonyl (C=O) groups is 2. The Labute approximate surface area is 121 Å². The normalized spacial score (nSPS) is 19.2. The second-order valence-electron chi connectivity index (χ2n) is 4.97. The number of rotatable bonds is 6. The molecule has 0 bridgehead atoms. The van der Waals surface area contributed by atoms with Gasteiger partial charge in [-0.05, 0) is 19.8 Å². The molecule has 9 heteroatoms. The topological polar surface area (TPSA) is 118 Å². The first kappa shape index (κ1) is 15.2. The highest BCUT2D eigenvalue weighted by Crippen LogP contribution is 2.15. The largest absolute Gasteiger partial charge is 0.480 e. The SMILES string of the molecule is CC(NC(=O)NCc1cn(CC(=O)O)nn1)C1CCCO1. The standard InChI is InChI=1S/C12H19N5O4/c1-8(10-3-2-4-21-10)14-12(20)13-5-9-6-17(16-15-9)7-11(18)19/h6,8,10H,2-5,7H2,1H3,(H,18,19)(H2,13,14,20). The van der Waals surface area contributed by atoms with Gasteiger partial charge in [0, 0.05) is 6.61 Å². The van der Waals surface area contributed by atoms with Crippen molar-refractivity contribution in [1.29, 1.82) is 0 Å². The number of carboxylic acids is 1. The molecule has 1 aromatic heterocycles. The van der Waals surface area contributed by atoms with Crippen LogP contribution >= 0.6 is 0 Å².